The minimum absolute atomic E-state index is 0.173. The number of nitrogens with one attached hydrogen (secondary N) is 1. The number of piperazine rings is 1. The van der Waals surface area contributed by atoms with Crippen molar-refractivity contribution in [1.82, 2.24) is 10.2 Å². The van der Waals surface area contributed by atoms with Crippen molar-refractivity contribution in [2.45, 2.75) is 19.9 Å². The lowest BCUT2D eigenvalue weighted by Crippen LogP contribution is -2.46. The maximum atomic E-state index is 7.48. The zero-order valence-electron chi connectivity index (χ0n) is 9.94. The van der Waals surface area contributed by atoms with Crippen LogP contribution < -0.4 is 5.32 Å². The highest BCUT2D eigenvalue weighted by molar-refractivity contribution is 4.69. The molecule has 0 radical (unpaired) electrons. The molecule has 1 rings (SSSR count). The maximum Gasteiger partial charge on any atom is 0.0441 e. The van der Waals surface area contributed by atoms with E-state index >= 15 is 0 Å². The van der Waals surface area contributed by atoms with Crippen LogP contribution in [-0.4, -0.2) is 37.0 Å². The fourth-order valence-corrected chi connectivity index (χ4v) is 0.766. The molecule has 54 valence electrons. The van der Waals surface area contributed by atoms with Gasteiger partial charge in [-0.3, -0.25) is 4.90 Å². The van der Waals surface area contributed by atoms with E-state index in [1.54, 1.807) is 4.90 Å². The summed E-state index contributed by atoms with van der Waals surface area (Å²) in [7, 11) is 0. The van der Waals surface area contributed by atoms with E-state index in [0.717, 1.165) is 0 Å². The number of rotatable bonds is 1. The lowest BCUT2D eigenvalue weighted by Gasteiger charge is -2.30. The summed E-state index contributed by atoms with van der Waals surface area (Å²) < 4.78 is 29.9. The molecule has 0 aliphatic carbocycles. The SMILES string of the molecule is [2H]C1([2H])CN(C(C)C)CC([2H])([2H])N1. The van der Waals surface area contributed by atoms with E-state index < -0.39 is 13.0 Å². The molecule has 0 bridgehead atoms. The van der Waals surface area contributed by atoms with Gasteiger partial charge >= 0.3 is 0 Å². The Labute approximate surface area is 62.9 Å². The first kappa shape index (κ1) is 3.35. The molecule has 0 amide bonds. The van der Waals surface area contributed by atoms with Crippen LogP contribution >= 0.6 is 0 Å². The normalized spacial score (nSPS) is 40.8. The summed E-state index contributed by atoms with van der Waals surface area (Å²) in [6.07, 6.45) is 0. The average molecular weight is 132 g/mol. The van der Waals surface area contributed by atoms with Crippen LogP contribution in [0.5, 0.6) is 0 Å². The molecule has 0 aromatic carbocycles. The fourth-order valence-electron chi connectivity index (χ4n) is 0.766. The van der Waals surface area contributed by atoms with Crippen molar-refractivity contribution >= 4 is 0 Å². The molecular weight excluding hydrogens is 112 g/mol. The molecule has 0 aromatic rings. The van der Waals surface area contributed by atoms with E-state index in [1.165, 1.54) is 0 Å². The van der Waals surface area contributed by atoms with Gasteiger partial charge in [-0.15, -0.1) is 0 Å². The Balaban J connectivity index is 2.72. The second-order valence-corrected chi connectivity index (χ2v) is 2.48. The van der Waals surface area contributed by atoms with Crippen LogP contribution in [0.4, 0.5) is 0 Å². The second kappa shape index (κ2) is 3.18. The van der Waals surface area contributed by atoms with Crippen molar-refractivity contribution in [3.63, 3.8) is 0 Å². The van der Waals surface area contributed by atoms with E-state index in [2.05, 4.69) is 5.32 Å². The van der Waals surface area contributed by atoms with E-state index in [4.69, 9.17) is 5.48 Å². The Morgan fingerprint density at radius 3 is 2.44 bits per heavy atom. The van der Waals surface area contributed by atoms with E-state index in [1.807, 2.05) is 13.8 Å². The minimum atomic E-state index is -1.63. The molecular formula is C7H16N2. The van der Waals surface area contributed by atoms with Crippen molar-refractivity contribution in [1.29, 1.82) is 0 Å². The van der Waals surface area contributed by atoms with E-state index in [0.29, 0.717) is 0 Å². The third kappa shape index (κ3) is 1.95. The van der Waals surface area contributed by atoms with Gasteiger partial charge in [0.2, 0.25) is 0 Å². The Hall–Kier alpha value is -0.0800. The molecule has 1 aliphatic heterocycles. The second-order valence-electron chi connectivity index (χ2n) is 2.48. The van der Waals surface area contributed by atoms with Gasteiger partial charge in [0.1, 0.15) is 0 Å². The van der Waals surface area contributed by atoms with Gasteiger partial charge in [0, 0.05) is 37.6 Å². The Bertz CT molecular complexity index is 177. The van der Waals surface area contributed by atoms with E-state index in [-0.39, 0.29) is 19.1 Å². The quantitative estimate of drug-likeness (QED) is 0.552. The Kier molecular flexibility index (Phi) is 1.18. The third-order valence-electron chi connectivity index (χ3n) is 1.47. The van der Waals surface area contributed by atoms with Gasteiger partial charge in [-0.05, 0) is 13.8 Å². The van der Waals surface area contributed by atoms with Crippen molar-refractivity contribution in [2.75, 3.05) is 26.1 Å². The highest BCUT2D eigenvalue weighted by atomic mass is 15.2. The first-order valence-corrected chi connectivity index (χ1v) is 3.25. The highest BCUT2D eigenvalue weighted by Crippen LogP contribution is 1.97. The molecule has 0 aromatic heterocycles. The van der Waals surface area contributed by atoms with Gasteiger partial charge in [0.25, 0.3) is 0 Å². The van der Waals surface area contributed by atoms with Gasteiger partial charge in [-0.25, -0.2) is 0 Å². The lowest BCUT2D eigenvalue weighted by molar-refractivity contribution is 0.196. The molecule has 2 heteroatoms. The fraction of sp³-hybridized carbons (Fsp3) is 1.00. The summed E-state index contributed by atoms with van der Waals surface area (Å²) in [5, 5.41) is 2.34. The summed E-state index contributed by atoms with van der Waals surface area (Å²) in [6, 6.07) is 0.173. The summed E-state index contributed by atoms with van der Waals surface area (Å²) in [4.78, 5) is 1.80. The third-order valence-corrected chi connectivity index (χ3v) is 1.47. The van der Waals surface area contributed by atoms with Crippen LogP contribution in [0.3, 0.4) is 0 Å². The molecule has 0 saturated carbocycles. The van der Waals surface area contributed by atoms with Crippen LogP contribution in [-0.2, 0) is 0 Å². The average Bonchev–Trinajstić information content (AvgIpc) is 1.79. The summed E-state index contributed by atoms with van der Waals surface area (Å²) in [6.45, 7) is 1.10. The Morgan fingerprint density at radius 1 is 1.44 bits per heavy atom. The van der Waals surface area contributed by atoms with Gasteiger partial charge in [0.15, 0.2) is 0 Å². The maximum absolute atomic E-state index is 7.48. The van der Waals surface area contributed by atoms with Crippen LogP contribution in [0.25, 0.3) is 0 Å². The largest absolute Gasteiger partial charge is 0.314 e. The first-order chi connectivity index (χ1) is 5.72. The monoisotopic (exact) mass is 132 g/mol. The Morgan fingerprint density at radius 2 is 2.00 bits per heavy atom. The highest BCUT2D eigenvalue weighted by Gasteiger charge is 2.11. The molecule has 1 N–H and O–H groups in total. The minimum Gasteiger partial charge on any atom is -0.314 e. The van der Waals surface area contributed by atoms with Crippen molar-refractivity contribution < 1.29 is 5.48 Å². The lowest BCUT2D eigenvalue weighted by atomic mass is 10.3. The van der Waals surface area contributed by atoms with Gasteiger partial charge < -0.3 is 5.32 Å². The van der Waals surface area contributed by atoms with Crippen molar-refractivity contribution in [2.24, 2.45) is 0 Å². The summed E-state index contributed by atoms with van der Waals surface area (Å²) >= 11 is 0. The molecule has 0 atom stereocenters. The first-order valence-electron chi connectivity index (χ1n) is 5.25. The van der Waals surface area contributed by atoms with Crippen LogP contribution in [0.15, 0.2) is 0 Å². The molecule has 1 fully saturated rings. The topological polar surface area (TPSA) is 15.3 Å². The zero-order chi connectivity index (χ0) is 10.3. The van der Waals surface area contributed by atoms with Gasteiger partial charge in [0.05, 0.1) is 0 Å². The standard InChI is InChI=1S/C7H16N2/c1-7(2)9-5-3-8-4-6-9/h7-8H,3-6H2,1-2H3/i3D2,4D2. The number of hydrogen-bond acceptors (Lipinski definition) is 2. The van der Waals surface area contributed by atoms with Gasteiger partial charge in [-0.2, -0.15) is 0 Å². The smallest absolute Gasteiger partial charge is 0.0441 e. The molecule has 9 heavy (non-hydrogen) atoms. The summed E-state index contributed by atoms with van der Waals surface area (Å²) in [5.74, 6) is 0. The molecule has 1 aliphatic rings. The molecule has 0 spiro atoms. The van der Waals surface area contributed by atoms with Crippen LogP contribution in [0, 0.1) is 0 Å². The zero-order valence-corrected chi connectivity index (χ0v) is 5.94. The van der Waals surface area contributed by atoms with Crippen molar-refractivity contribution in [3.05, 3.63) is 0 Å². The van der Waals surface area contributed by atoms with Crippen molar-refractivity contribution in [3.8, 4) is 0 Å². The molecule has 2 nitrogen and oxygen atoms in total. The molecule has 1 heterocycles. The molecule has 1 saturated heterocycles. The summed E-state index contributed by atoms with van der Waals surface area (Å²) in [5.41, 5.74) is 0. The number of hydrogen-bond donors (Lipinski definition) is 1. The van der Waals surface area contributed by atoms with Gasteiger partial charge in [-0.1, -0.05) is 0 Å². The number of nitrogens with zero attached hydrogens (tertiary/aromatic N) is 1. The predicted molar refractivity (Wildman–Crippen MR) is 39.6 cm³/mol. The molecule has 0 unspecified atom stereocenters. The van der Waals surface area contributed by atoms with Crippen LogP contribution in [0.2, 0.25) is 0 Å². The van der Waals surface area contributed by atoms with E-state index in [9.17, 15) is 0 Å². The van der Waals surface area contributed by atoms with Crippen LogP contribution in [0.1, 0.15) is 19.3 Å². The predicted octanol–water partition coefficient (Wildman–Crippen LogP) is 0.300.